The van der Waals surface area contributed by atoms with Crippen molar-refractivity contribution in [3.05, 3.63) is 47.4 Å². The van der Waals surface area contributed by atoms with Crippen LogP contribution in [0.4, 0.5) is 11.5 Å². The standard InChI is InChI=1S/C21H24N6O2S/c1-29-17-7-4-15(5-8-17)20-24-25-21(30)27(20)13-10-19(28)23-18-9-6-16(14-22-18)26-11-2-3-12-26/h4-9,14H,2-3,10-13H2,1H3,(H,25,30)(H,22,23,28). The minimum absolute atomic E-state index is 0.125. The Morgan fingerprint density at radius 1 is 1.20 bits per heavy atom. The van der Waals surface area contributed by atoms with E-state index < -0.39 is 0 Å². The Kier molecular flexibility index (Phi) is 6.08. The number of hydrogen-bond acceptors (Lipinski definition) is 6. The second-order valence-electron chi connectivity index (χ2n) is 7.13. The van der Waals surface area contributed by atoms with Gasteiger partial charge in [-0.2, -0.15) is 5.10 Å². The number of amides is 1. The first kappa shape index (κ1) is 20.1. The molecule has 8 nitrogen and oxygen atoms in total. The van der Waals surface area contributed by atoms with Gasteiger partial charge in [0.15, 0.2) is 10.6 Å². The van der Waals surface area contributed by atoms with Gasteiger partial charge in [-0.15, -0.1) is 0 Å². The van der Waals surface area contributed by atoms with Crippen LogP contribution in [0, 0.1) is 4.77 Å². The van der Waals surface area contributed by atoms with Crippen molar-refractivity contribution in [1.82, 2.24) is 19.7 Å². The first-order valence-corrected chi connectivity index (χ1v) is 10.4. The van der Waals surface area contributed by atoms with Gasteiger partial charge in [0.05, 0.1) is 19.0 Å². The van der Waals surface area contributed by atoms with Crippen LogP contribution in [0.2, 0.25) is 0 Å². The molecule has 1 fully saturated rings. The molecule has 0 unspecified atom stereocenters. The van der Waals surface area contributed by atoms with Crippen LogP contribution in [0.1, 0.15) is 19.3 Å². The van der Waals surface area contributed by atoms with Crippen LogP contribution in [-0.2, 0) is 11.3 Å². The number of nitrogens with zero attached hydrogens (tertiary/aromatic N) is 4. The number of nitrogens with one attached hydrogen (secondary N) is 2. The van der Waals surface area contributed by atoms with Crippen LogP contribution in [0.5, 0.6) is 5.75 Å². The number of ether oxygens (including phenoxy) is 1. The summed E-state index contributed by atoms with van der Waals surface area (Å²) in [4.78, 5) is 19.1. The zero-order valence-electron chi connectivity index (χ0n) is 16.8. The maximum atomic E-state index is 12.4. The van der Waals surface area contributed by atoms with Crippen molar-refractivity contribution < 1.29 is 9.53 Å². The Morgan fingerprint density at radius 3 is 2.63 bits per heavy atom. The third-order valence-electron chi connectivity index (χ3n) is 5.16. The Morgan fingerprint density at radius 2 is 1.97 bits per heavy atom. The smallest absolute Gasteiger partial charge is 0.227 e. The molecule has 2 N–H and O–H groups in total. The van der Waals surface area contributed by atoms with Gasteiger partial charge in [0.1, 0.15) is 11.6 Å². The summed E-state index contributed by atoms with van der Waals surface area (Å²) in [6.07, 6.45) is 4.50. The molecule has 2 aromatic heterocycles. The fourth-order valence-electron chi connectivity index (χ4n) is 3.53. The lowest BCUT2D eigenvalue weighted by molar-refractivity contribution is -0.116. The van der Waals surface area contributed by atoms with E-state index in [4.69, 9.17) is 17.0 Å². The lowest BCUT2D eigenvalue weighted by Crippen LogP contribution is -2.18. The van der Waals surface area contributed by atoms with Gasteiger partial charge in [0.25, 0.3) is 0 Å². The molecule has 0 bridgehead atoms. The quantitative estimate of drug-likeness (QED) is 0.563. The molecule has 1 aliphatic rings. The number of carbonyl (C=O) groups is 1. The van der Waals surface area contributed by atoms with Gasteiger partial charge in [-0.05, 0) is 61.5 Å². The van der Waals surface area contributed by atoms with Crippen molar-refractivity contribution >= 4 is 29.6 Å². The number of carbonyl (C=O) groups excluding carboxylic acids is 1. The minimum Gasteiger partial charge on any atom is -0.497 e. The number of methoxy groups -OCH3 is 1. The number of hydrogen-bond donors (Lipinski definition) is 2. The van der Waals surface area contributed by atoms with Gasteiger partial charge in [-0.3, -0.25) is 14.5 Å². The van der Waals surface area contributed by atoms with Gasteiger partial charge in [-0.1, -0.05) is 0 Å². The van der Waals surface area contributed by atoms with Crippen molar-refractivity contribution in [3.8, 4) is 17.1 Å². The Labute approximate surface area is 179 Å². The van der Waals surface area contributed by atoms with E-state index in [2.05, 4.69) is 25.4 Å². The number of aromatic nitrogens is 4. The average Bonchev–Trinajstić information content (AvgIpc) is 3.43. The molecule has 3 aromatic rings. The van der Waals surface area contributed by atoms with Gasteiger partial charge in [0.2, 0.25) is 5.91 Å². The SMILES string of the molecule is COc1ccc(-c2n[nH]c(=S)n2CCC(=O)Nc2ccc(N3CCCC3)cn2)cc1. The molecule has 0 spiro atoms. The largest absolute Gasteiger partial charge is 0.497 e. The van der Waals surface area contributed by atoms with E-state index in [-0.39, 0.29) is 12.3 Å². The number of benzene rings is 1. The van der Waals surface area contributed by atoms with E-state index in [1.165, 1.54) is 12.8 Å². The molecule has 9 heteroatoms. The number of pyridine rings is 1. The zero-order valence-corrected chi connectivity index (χ0v) is 17.6. The summed E-state index contributed by atoms with van der Waals surface area (Å²) < 4.78 is 7.49. The predicted molar refractivity (Wildman–Crippen MR) is 118 cm³/mol. The van der Waals surface area contributed by atoms with Crippen molar-refractivity contribution in [3.63, 3.8) is 0 Å². The fourth-order valence-corrected chi connectivity index (χ4v) is 3.75. The Bertz CT molecular complexity index is 1050. The summed E-state index contributed by atoms with van der Waals surface area (Å²) in [6, 6.07) is 11.4. The van der Waals surface area contributed by atoms with Gasteiger partial charge < -0.3 is 15.0 Å². The minimum atomic E-state index is -0.125. The van der Waals surface area contributed by atoms with Crippen molar-refractivity contribution in [1.29, 1.82) is 0 Å². The highest BCUT2D eigenvalue weighted by molar-refractivity contribution is 7.71. The second kappa shape index (κ2) is 9.08. The third-order valence-corrected chi connectivity index (χ3v) is 5.47. The number of H-pyrrole nitrogens is 1. The molecule has 1 saturated heterocycles. The molecular formula is C21H24N6O2S. The first-order valence-electron chi connectivity index (χ1n) is 9.94. The fraction of sp³-hybridized carbons (Fsp3) is 0.333. The lowest BCUT2D eigenvalue weighted by Gasteiger charge is -2.17. The normalized spacial score (nSPS) is 13.4. The van der Waals surface area contributed by atoms with Crippen LogP contribution >= 0.6 is 12.2 Å². The van der Waals surface area contributed by atoms with E-state index in [0.29, 0.717) is 23.0 Å². The second-order valence-corrected chi connectivity index (χ2v) is 7.51. The predicted octanol–water partition coefficient (Wildman–Crippen LogP) is 3.64. The molecule has 0 radical (unpaired) electrons. The molecular weight excluding hydrogens is 400 g/mol. The van der Waals surface area contributed by atoms with Crippen LogP contribution in [0.15, 0.2) is 42.6 Å². The molecule has 0 saturated carbocycles. The number of anilines is 2. The van der Waals surface area contributed by atoms with Crippen LogP contribution in [-0.4, -0.2) is 45.9 Å². The summed E-state index contributed by atoms with van der Waals surface area (Å²) in [5, 5.41) is 9.97. The molecule has 0 aliphatic carbocycles. The molecule has 1 aromatic carbocycles. The molecule has 0 atom stereocenters. The Hall–Kier alpha value is -3.20. The van der Waals surface area contributed by atoms with E-state index in [0.717, 1.165) is 30.1 Å². The molecule has 156 valence electrons. The molecule has 3 heterocycles. The van der Waals surface area contributed by atoms with Gasteiger partial charge >= 0.3 is 0 Å². The molecule has 1 aliphatic heterocycles. The van der Waals surface area contributed by atoms with Crippen molar-refractivity contribution in [2.75, 3.05) is 30.4 Å². The average molecular weight is 425 g/mol. The Balaban J connectivity index is 1.38. The van der Waals surface area contributed by atoms with Crippen molar-refractivity contribution in [2.45, 2.75) is 25.8 Å². The highest BCUT2D eigenvalue weighted by Crippen LogP contribution is 2.22. The summed E-state index contributed by atoms with van der Waals surface area (Å²) >= 11 is 5.34. The molecule has 4 rings (SSSR count). The highest BCUT2D eigenvalue weighted by Gasteiger charge is 2.14. The summed E-state index contributed by atoms with van der Waals surface area (Å²) in [5.41, 5.74) is 1.99. The van der Waals surface area contributed by atoms with Crippen LogP contribution in [0.25, 0.3) is 11.4 Å². The summed E-state index contributed by atoms with van der Waals surface area (Å²) in [6.45, 7) is 2.54. The van der Waals surface area contributed by atoms with E-state index in [1.54, 1.807) is 7.11 Å². The summed E-state index contributed by atoms with van der Waals surface area (Å²) in [7, 11) is 1.62. The van der Waals surface area contributed by atoms with Crippen molar-refractivity contribution in [2.24, 2.45) is 0 Å². The van der Waals surface area contributed by atoms with Crippen LogP contribution < -0.4 is 15.0 Å². The zero-order chi connectivity index (χ0) is 20.9. The summed E-state index contributed by atoms with van der Waals surface area (Å²) in [5.74, 6) is 1.87. The number of rotatable bonds is 7. The van der Waals surface area contributed by atoms with E-state index >= 15 is 0 Å². The first-order chi connectivity index (χ1) is 14.6. The third kappa shape index (κ3) is 4.51. The molecule has 30 heavy (non-hydrogen) atoms. The molecule has 1 amide bonds. The maximum Gasteiger partial charge on any atom is 0.227 e. The maximum absolute atomic E-state index is 12.4. The van der Waals surface area contributed by atoms with Crippen LogP contribution in [0.3, 0.4) is 0 Å². The topological polar surface area (TPSA) is 88.1 Å². The monoisotopic (exact) mass is 424 g/mol. The van der Waals surface area contributed by atoms with E-state index in [1.807, 2.05) is 47.2 Å². The van der Waals surface area contributed by atoms with Gasteiger partial charge in [0, 0.05) is 31.6 Å². The lowest BCUT2D eigenvalue weighted by atomic mass is 10.2. The number of aromatic amines is 1. The van der Waals surface area contributed by atoms with E-state index in [9.17, 15) is 4.79 Å². The van der Waals surface area contributed by atoms with Gasteiger partial charge in [-0.25, -0.2) is 4.98 Å². The highest BCUT2D eigenvalue weighted by atomic mass is 32.1.